The maximum atomic E-state index is 12.4. The maximum Gasteiger partial charge on any atom is 0.263 e. The molecule has 0 fully saturated rings. The minimum atomic E-state index is -0.917. The van der Waals surface area contributed by atoms with Crippen LogP contribution in [0.4, 0.5) is 0 Å². The third kappa shape index (κ3) is 4.86. The van der Waals surface area contributed by atoms with Crippen LogP contribution in [0, 0.1) is 13.8 Å². The summed E-state index contributed by atoms with van der Waals surface area (Å²) in [4.78, 5) is 17.3. The zero-order chi connectivity index (χ0) is 20.3. The number of thiazole rings is 1. The van der Waals surface area contributed by atoms with Crippen molar-refractivity contribution in [1.82, 2.24) is 10.3 Å². The lowest BCUT2D eigenvalue weighted by Gasteiger charge is -2.14. The Balaban J connectivity index is 1.55. The largest absolute Gasteiger partial charge is 0.489 e. The number of hydrogen-bond donors (Lipinski definition) is 2. The Labute approximate surface area is 176 Å². The number of nitrogens with zero attached hydrogens (tertiary/aromatic N) is 1. The number of aromatic nitrogens is 1. The van der Waals surface area contributed by atoms with Crippen LogP contribution in [0.3, 0.4) is 0 Å². The second-order valence-electron chi connectivity index (χ2n) is 6.07. The number of ether oxygens (including phenoxy) is 1. The van der Waals surface area contributed by atoms with Crippen LogP contribution in [0.15, 0.2) is 34.7 Å². The molecule has 9 heteroatoms. The Hall–Kier alpha value is -2.06. The van der Waals surface area contributed by atoms with E-state index in [0.717, 1.165) is 5.76 Å². The highest BCUT2D eigenvalue weighted by molar-refractivity contribution is 7.17. The van der Waals surface area contributed by atoms with Crippen molar-refractivity contribution in [2.45, 2.75) is 20.0 Å². The monoisotopic (exact) mass is 440 g/mol. The van der Waals surface area contributed by atoms with Gasteiger partial charge < -0.3 is 19.6 Å². The molecular weight excluding hydrogens is 423 g/mol. The van der Waals surface area contributed by atoms with Gasteiger partial charge >= 0.3 is 0 Å². The van der Waals surface area contributed by atoms with Gasteiger partial charge in [-0.1, -0.05) is 29.3 Å². The van der Waals surface area contributed by atoms with Crippen molar-refractivity contribution in [3.8, 4) is 16.5 Å². The van der Waals surface area contributed by atoms with Gasteiger partial charge in [-0.05, 0) is 38.1 Å². The molecule has 0 saturated carbocycles. The summed E-state index contributed by atoms with van der Waals surface area (Å²) in [5, 5.41) is 14.0. The zero-order valence-corrected chi connectivity index (χ0v) is 17.5. The summed E-state index contributed by atoms with van der Waals surface area (Å²) in [5.41, 5.74) is 0.600. The van der Waals surface area contributed by atoms with Crippen LogP contribution < -0.4 is 10.1 Å². The average Bonchev–Trinajstić information content (AvgIpc) is 3.26. The maximum absolute atomic E-state index is 12.4. The summed E-state index contributed by atoms with van der Waals surface area (Å²) in [5.74, 6) is 1.45. The molecule has 6 nitrogen and oxygen atoms in total. The van der Waals surface area contributed by atoms with E-state index in [1.807, 2.05) is 19.1 Å². The number of carbonyl (C=O) groups is 1. The summed E-state index contributed by atoms with van der Waals surface area (Å²) >= 11 is 13.2. The average molecular weight is 441 g/mol. The van der Waals surface area contributed by atoms with E-state index in [-0.39, 0.29) is 24.1 Å². The first-order valence-electron chi connectivity index (χ1n) is 8.42. The van der Waals surface area contributed by atoms with Gasteiger partial charge in [0, 0.05) is 6.54 Å². The van der Waals surface area contributed by atoms with Crippen molar-refractivity contribution in [3.63, 3.8) is 0 Å². The fourth-order valence-corrected chi connectivity index (χ4v) is 3.68. The van der Waals surface area contributed by atoms with E-state index in [1.54, 1.807) is 25.1 Å². The molecule has 0 saturated heterocycles. The lowest BCUT2D eigenvalue weighted by molar-refractivity contribution is 0.0846. The van der Waals surface area contributed by atoms with E-state index >= 15 is 0 Å². The molecule has 3 aromatic rings. The number of aliphatic hydroxyl groups is 1. The third-order valence-electron chi connectivity index (χ3n) is 3.80. The second-order valence-corrected chi connectivity index (χ2v) is 7.85. The zero-order valence-electron chi connectivity index (χ0n) is 15.2. The molecule has 2 N–H and O–H groups in total. The van der Waals surface area contributed by atoms with E-state index in [9.17, 15) is 9.90 Å². The molecule has 148 valence electrons. The number of rotatable bonds is 7. The van der Waals surface area contributed by atoms with Crippen molar-refractivity contribution < 1.29 is 19.1 Å². The number of amides is 1. The van der Waals surface area contributed by atoms with Gasteiger partial charge in [-0.2, -0.15) is 0 Å². The van der Waals surface area contributed by atoms with Crippen molar-refractivity contribution in [1.29, 1.82) is 0 Å². The van der Waals surface area contributed by atoms with Crippen LogP contribution in [-0.2, 0) is 0 Å². The van der Waals surface area contributed by atoms with Gasteiger partial charge in [-0.15, -0.1) is 11.3 Å². The fraction of sp³-hybridized carbons (Fsp3) is 0.263. The Morgan fingerprint density at radius 2 is 2.11 bits per heavy atom. The molecule has 1 aromatic carbocycles. The fourth-order valence-electron chi connectivity index (χ4n) is 2.39. The smallest absolute Gasteiger partial charge is 0.263 e. The third-order valence-corrected chi connectivity index (χ3v) is 5.77. The van der Waals surface area contributed by atoms with Crippen LogP contribution in [-0.4, -0.2) is 35.3 Å². The number of carbonyl (C=O) groups excluding carboxylic acids is 1. The highest BCUT2D eigenvalue weighted by Crippen LogP contribution is 2.31. The molecule has 1 unspecified atom stereocenters. The Morgan fingerprint density at radius 3 is 2.82 bits per heavy atom. The predicted molar refractivity (Wildman–Crippen MR) is 110 cm³/mol. The highest BCUT2D eigenvalue weighted by Gasteiger charge is 2.19. The topological polar surface area (TPSA) is 84.6 Å². The second kappa shape index (κ2) is 8.96. The molecule has 0 aliphatic heterocycles. The van der Waals surface area contributed by atoms with Crippen molar-refractivity contribution in [2.24, 2.45) is 0 Å². The molecule has 28 heavy (non-hydrogen) atoms. The molecule has 0 aliphatic rings. The molecule has 0 spiro atoms. The van der Waals surface area contributed by atoms with Gasteiger partial charge in [0.25, 0.3) is 5.91 Å². The molecule has 1 amide bonds. The molecule has 0 aliphatic carbocycles. The van der Waals surface area contributed by atoms with Crippen LogP contribution >= 0.6 is 34.5 Å². The van der Waals surface area contributed by atoms with Crippen molar-refractivity contribution in [2.75, 3.05) is 13.2 Å². The molecule has 0 bridgehead atoms. The molecular formula is C19H18Cl2N2O4S. The number of benzene rings is 1. The van der Waals surface area contributed by atoms with Gasteiger partial charge in [0.1, 0.15) is 34.1 Å². The first-order chi connectivity index (χ1) is 13.3. The van der Waals surface area contributed by atoms with Crippen LogP contribution in [0.1, 0.15) is 21.1 Å². The van der Waals surface area contributed by atoms with Gasteiger partial charge in [0.2, 0.25) is 0 Å². The van der Waals surface area contributed by atoms with E-state index in [0.29, 0.717) is 32.1 Å². The molecule has 0 radical (unpaired) electrons. The first kappa shape index (κ1) is 20.7. The van der Waals surface area contributed by atoms with Crippen LogP contribution in [0.2, 0.25) is 10.0 Å². The Kier molecular flexibility index (Phi) is 6.61. The molecule has 2 aromatic heterocycles. The summed E-state index contributed by atoms with van der Waals surface area (Å²) < 4.78 is 11.0. The number of aliphatic hydroxyl groups excluding tert-OH is 1. The van der Waals surface area contributed by atoms with Gasteiger partial charge in [0.15, 0.2) is 10.8 Å². The number of aryl methyl sites for hydroxylation is 2. The Bertz CT molecular complexity index is 986. The lowest BCUT2D eigenvalue weighted by atomic mass is 10.3. The molecule has 1 atom stereocenters. The molecule has 2 heterocycles. The summed E-state index contributed by atoms with van der Waals surface area (Å²) in [6.07, 6.45) is -0.917. The van der Waals surface area contributed by atoms with Crippen molar-refractivity contribution in [3.05, 3.63) is 56.7 Å². The van der Waals surface area contributed by atoms with Crippen LogP contribution in [0.5, 0.6) is 5.75 Å². The van der Waals surface area contributed by atoms with Crippen molar-refractivity contribution >= 4 is 40.4 Å². The highest BCUT2D eigenvalue weighted by atomic mass is 35.5. The van der Waals surface area contributed by atoms with Gasteiger partial charge in [-0.3, -0.25) is 4.79 Å². The predicted octanol–water partition coefficient (Wildman–Crippen LogP) is 4.50. The quantitative estimate of drug-likeness (QED) is 0.564. The summed E-state index contributed by atoms with van der Waals surface area (Å²) in [7, 11) is 0. The Morgan fingerprint density at radius 1 is 1.32 bits per heavy atom. The number of hydrogen-bond acceptors (Lipinski definition) is 6. The number of furan rings is 1. The van der Waals surface area contributed by atoms with E-state index in [1.165, 1.54) is 11.3 Å². The van der Waals surface area contributed by atoms with E-state index in [4.69, 9.17) is 32.4 Å². The first-order valence-corrected chi connectivity index (χ1v) is 9.99. The minimum Gasteiger partial charge on any atom is -0.489 e. The lowest BCUT2D eigenvalue weighted by Crippen LogP contribution is -2.35. The van der Waals surface area contributed by atoms with E-state index in [2.05, 4.69) is 10.3 Å². The van der Waals surface area contributed by atoms with Gasteiger partial charge in [-0.25, -0.2) is 4.98 Å². The number of nitrogens with one attached hydrogen (secondary N) is 1. The normalized spacial score (nSPS) is 12.0. The van der Waals surface area contributed by atoms with Crippen LogP contribution in [0.25, 0.3) is 10.8 Å². The molecule has 3 rings (SSSR count). The van der Waals surface area contributed by atoms with E-state index < -0.39 is 6.10 Å². The van der Waals surface area contributed by atoms with Gasteiger partial charge in [0.05, 0.1) is 10.7 Å². The number of halogens is 2. The SMILES string of the molecule is Cc1ccc(-c2nc(C)c(C(=O)NCC(O)COc3cccc(Cl)c3Cl)s2)o1. The summed E-state index contributed by atoms with van der Waals surface area (Å²) in [6.45, 7) is 3.57. The standard InChI is InChI=1S/C19H18Cl2N2O4S/c1-10-6-7-15(27-10)19-23-11(2)17(28-19)18(25)22-8-12(24)9-26-14-5-3-4-13(20)16(14)21/h3-7,12,24H,8-9H2,1-2H3,(H,22,25). The minimum absolute atomic E-state index is 0.0174. The summed E-state index contributed by atoms with van der Waals surface area (Å²) in [6, 6.07) is 8.65.